The zero-order valence-electron chi connectivity index (χ0n) is 16.6. The molecule has 4 aromatic rings. The fraction of sp³-hybridized carbons (Fsp3) is 0.250. The molecule has 1 aliphatic rings. The van der Waals surface area contributed by atoms with Crippen molar-refractivity contribution < 1.29 is 0 Å². The van der Waals surface area contributed by atoms with Crippen molar-refractivity contribution in [1.29, 1.82) is 0 Å². The second kappa shape index (κ2) is 5.26. The average Bonchev–Trinajstić information content (AvgIpc) is 2.64. The minimum Gasteiger partial charge on any atom is -0.256 e. The molecule has 0 saturated heterocycles. The molecule has 0 amide bonds. The van der Waals surface area contributed by atoms with Crippen molar-refractivity contribution in [3.05, 3.63) is 66.0 Å². The van der Waals surface area contributed by atoms with Crippen LogP contribution in [-0.4, -0.2) is 18.0 Å². The maximum atomic E-state index is 5.12. The third-order valence-corrected chi connectivity index (χ3v) is 7.99. The Morgan fingerprint density at radius 3 is 2.44 bits per heavy atom. The summed E-state index contributed by atoms with van der Waals surface area (Å²) in [7, 11) is -1.43. The highest BCUT2D eigenvalue weighted by atomic mass is 28.3. The molecule has 5 rings (SSSR count). The normalized spacial score (nSPS) is 15.1. The highest BCUT2D eigenvalue weighted by Crippen LogP contribution is 2.47. The number of hydrogen-bond donors (Lipinski definition) is 0. The fourth-order valence-corrected chi connectivity index (χ4v) is 5.51. The summed E-state index contributed by atoms with van der Waals surface area (Å²) < 4.78 is 0. The van der Waals surface area contributed by atoms with Crippen molar-refractivity contribution in [2.24, 2.45) is 0 Å². The molecule has 2 nitrogen and oxygen atoms in total. The van der Waals surface area contributed by atoms with Crippen LogP contribution in [0.2, 0.25) is 19.6 Å². The van der Waals surface area contributed by atoms with Gasteiger partial charge in [-0.3, -0.25) is 9.97 Å². The van der Waals surface area contributed by atoms with E-state index in [2.05, 4.69) is 82.0 Å². The van der Waals surface area contributed by atoms with Gasteiger partial charge in [-0.15, -0.1) is 0 Å². The summed E-state index contributed by atoms with van der Waals surface area (Å²) in [4.78, 5) is 9.93. The summed E-state index contributed by atoms with van der Waals surface area (Å²) in [5.74, 6) is 0. The molecule has 0 aliphatic heterocycles. The van der Waals surface area contributed by atoms with Crippen LogP contribution in [0.3, 0.4) is 0 Å². The van der Waals surface area contributed by atoms with Crippen molar-refractivity contribution in [3.8, 4) is 11.3 Å². The molecule has 2 heterocycles. The van der Waals surface area contributed by atoms with E-state index in [1.165, 1.54) is 32.5 Å². The third-order valence-electron chi connectivity index (χ3n) is 5.97. The van der Waals surface area contributed by atoms with Crippen LogP contribution in [0.1, 0.15) is 25.1 Å². The molecule has 2 aromatic carbocycles. The zero-order valence-corrected chi connectivity index (χ0v) is 17.6. The van der Waals surface area contributed by atoms with Gasteiger partial charge in [0.15, 0.2) is 0 Å². The first-order valence-electron chi connectivity index (χ1n) is 9.61. The van der Waals surface area contributed by atoms with Crippen molar-refractivity contribution in [3.63, 3.8) is 0 Å². The van der Waals surface area contributed by atoms with Crippen LogP contribution >= 0.6 is 0 Å². The van der Waals surface area contributed by atoms with E-state index in [0.29, 0.717) is 0 Å². The third kappa shape index (κ3) is 2.31. The van der Waals surface area contributed by atoms with Crippen LogP contribution in [0.15, 0.2) is 54.7 Å². The highest BCUT2D eigenvalue weighted by Gasteiger charge is 2.37. The minimum atomic E-state index is -1.43. The Kier molecular flexibility index (Phi) is 3.24. The number of nitrogens with zero attached hydrogens (tertiary/aromatic N) is 2. The first-order valence-corrected chi connectivity index (χ1v) is 13.1. The van der Waals surface area contributed by atoms with Gasteiger partial charge >= 0.3 is 0 Å². The van der Waals surface area contributed by atoms with Crippen LogP contribution in [0.25, 0.3) is 32.9 Å². The lowest BCUT2D eigenvalue weighted by atomic mass is 9.72. The lowest BCUT2D eigenvalue weighted by Gasteiger charge is -2.35. The van der Waals surface area contributed by atoms with Gasteiger partial charge < -0.3 is 0 Å². The van der Waals surface area contributed by atoms with Gasteiger partial charge in [-0.2, -0.15) is 0 Å². The van der Waals surface area contributed by atoms with Crippen LogP contribution in [0.4, 0.5) is 0 Å². The Balaban J connectivity index is 1.96. The summed E-state index contributed by atoms with van der Waals surface area (Å²) in [5, 5.41) is 5.28. The lowest BCUT2D eigenvalue weighted by Crippen LogP contribution is -2.39. The number of hydrogen-bond acceptors (Lipinski definition) is 2. The van der Waals surface area contributed by atoms with Gasteiger partial charge in [-0.1, -0.05) is 69.0 Å². The van der Waals surface area contributed by atoms with Crippen molar-refractivity contribution in [2.75, 3.05) is 0 Å². The van der Waals surface area contributed by atoms with Gasteiger partial charge in [0, 0.05) is 27.9 Å². The molecular weight excluding hydrogens is 344 g/mol. The predicted molar refractivity (Wildman–Crippen MR) is 118 cm³/mol. The smallest absolute Gasteiger partial charge is 0.0802 e. The van der Waals surface area contributed by atoms with Gasteiger partial charge in [0.05, 0.1) is 25.0 Å². The number of rotatable bonds is 1. The summed E-state index contributed by atoms with van der Waals surface area (Å²) in [5.41, 5.74) is 5.68. The number of pyridine rings is 2. The Labute approximate surface area is 161 Å². The molecule has 134 valence electrons. The maximum Gasteiger partial charge on any atom is 0.0802 e. The predicted octanol–water partition coefficient (Wildman–Crippen LogP) is 5.63. The second-order valence-electron chi connectivity index (χ2n) is 9.23. The molecule has 3 heteroatoms. The topological polar surface area (TPSA) is 25.8 Å². The van der Waals surface area contributed by atoms with Crippen LogP contribution in [0.5, 0.6) is 0 Å². The molecule has 0 N–H and O–H groups in total. The molecule has 0 fully saturated rings. The molecule has 2 aromatic heterocycles. The van der Waals surface area contributed by atoms with Crippen molar-refractivity contribution >= 4 is 34.9 Å². The fourth-order valence-electron chi connectivity index (χ4n) is 4.35. The summed E-state index contributed by atoms with van der Waals surface area (Å²) >= 11 is 0. The SMILES string of the molecule is CC1(C)c2nc3ccccc3cc2-c2nccc3cc([Si](C)(C)C)cc1c23. The molecule has 0 bridgehead atoms. The van der Waals surface area contributed by atoms with E-state index in [-0.39, 0.29) is 5.41 Å². The van der Waals surface area contributed by atoms with Gasteiger partial charge in [0.2, 0.25) is 0 Å². The Hall–Kier alpha value is -2.52. The van der Waals surface area contributed by atoms with Crippen molar-refractivity contribution in [2.45, 2.75) is 38.9 Å². The number of benzene rings is 2. The van der Waals surface area contributed by atoms with Crippen LogP contribution in [0, 0.1) is 0 Å². The van der Waals surface area contributed by atoms with Crippen molar-refractivity contribution in [1.82, 2.24) is 9.97 Å². The molecule has 0 spiro atoms. The zero-order chi connectivity index (χ0) is 19.0. The summed E-state index contributed by atoms with van der Waals surface area (Å²) in [6, 6.07) is 17.7. The van der Waals surface area contributed by atoms with Gasteiger partial charge in [-0.25, -0.2) is 0 Å². The lowest BCUT2D eigenvalue weighted by molar-refractivity contribution is 0.623. The standard InChI is InChI=1S/C24H24N2Si/c1-24(2)19-14-17(27(3,4)5)12-16-10-11-25-22(21(16)19)18-13-15-8-6-7-9-20(15)26-23(18)24/h6-14H,1-5H3. The van der Waals surface area contributed by atoms with E-state index < -0.39 is 8.07 Å². The van der Waals surface area contributed by atoms with E-state index in [1.54, 1.807) is 0 Å². The second-order valence-corrected chi connectivity index (χ2v) is 14.3. The monoisotopic (exact) mass is 368 g/mol. The van der Waals surface area contributed by atoms with E-state index >= 15 is 0 Å². The molecule has 0 saturated carbocycles. The molecule has 0 radical (unpaired) electrons. The number of aromatic nitrogens is 2. The molecule has 0 unspecified atom stereocenters. The Bertz CT molecular complexity index is 1230. The molecular formula is C24H24N2Si. The number of fused-ring (bicyclic) bond motifs is 3. The first kappa shape index (κ1) is 16.6. The van der Waals surface area contributed by atoms with E-state index in [0.717, 1.165) is 16.9 Å². The molecule has 0 atom stereocenters. The van der Waals surface area contributed by atoms with Gasteiger partial charge in [0.25, 0.3) is 0 Å². The van der Waals surface area contributed by atoms with Gasteiger partial charge in [0.1, 0.15) is 0 Å². The first-order chi connectivity index (χ1) is 12.8. The quantitative estimate of drug-likeness (QED) is 0.407. The Morgan fingerprint density at radius 2 is 1.67 bits per heavy atom. The van der Waals surface area contributed by atoms with E-state index in [1.807, 2.05) is 6.20 Å². The van der Waals surface area contributed by atoms with E-state index in [4.69, 9.17) is 9.97 Å². The van der Waals surface area contributed by atoms with Crippen LogP contribution < -0.4 is 5.19 Å². The molecule has 1 aliphatic carbocycles. The van der Waals surface area contributed by atoms with Gasteiger partial charge in [-0.05, 0) is 29.1 Å². The molecule has 27 heavy (non-hydrogen) atoms. The summed E-state index contributed by atoms with van der Waals surface area (Å²) in [6.45, 7) is 11.9. The minimum absolute atomic E-state index is 0.149. The Morgan fingerprint density at radius 1 is 0.889 bits per heavy atom. The largest absolute Gasteiger partial charge is 0.256 e. The average molecular weight is 369 g/mol. The highest BCUT2D eigenvalue weighted by molar-refractivity contribution is 6.88. The van der Waals surface area contributed by atoms with E-state index in [9.17, 15) is 0 Å². The van der Waals surface area contributed by atoms with Crippen LogP contribution in [-0.2, 0) is 5.41 Å². The summed E-state index contributed by atoms with van der Waals surface area (Å²) in [6.07, 6.45) is 1.95. The maximum absolute atomic E-state index is 5.12. The number of para-hydroxylation sites is 1.